The van der Waals surface area contributed by atoms with E-state index in [0.717, 1.165) is 54.0 Å². The molecule has 1 unspecified atom stereocenters. The van der Waals surface area contributed by atoms with Crippen LogP contribution in [0, 0.1) is 6.92 Å². The average Bonchev–Trinajstić information content (AvgIpc) is 3.20. The minimum absolute atomic E-state index is 0.0107. The number of ether oxygens (including phenoxy) is 1. The number of nitrogens with one attached hydrogen (secondary N) is 1. The third-order valence-electron chi connectivity index (χ3n) is 6.03. The Labute approximate surface area is 183 Å². The lowest BCUT2D eigenvalue weighted by Crippen LogP contribution is -2.27. The van der Waals surface area contributed by atoms with Crippen molar-refractivity contribution in [3.8, 4) is 16.8 Å². The van der Waals surface area contributed by atoms with Crippen LogP contribution < -0.4 is 5.32 Å². The van der Waals surface area contributed by atoms with E-state index in [-0.39, 0.29) is 6.23 Å². The first-order valence-corrected chi connectivity index (χ1v) is 11.1. The van der Waals surface area contributed by atoms with Crippen molar-refractivity contribution in [3.05, 3.63) is 72.2 Å². The van der Waals surface area contributed by atoms with Crippen LogP contribution in [-0.4, -0.2) is 27.4 Å². The molecule has 5 nitrogen and oxygen atoms in total. The lowest BCUT2D eigenvalue weighted by molar-refractivity contribution is 0.0342. The summed E-state index contributed by atoms with van der Waals surface area (Å²) in [6, 6.07) is 17.1. The highest BCUT2D eigenvalue weighted by molar-refractivity contribution is 6.02. The van der Waals surface area contributed by atoms with Gasteiger partial charge in [0.2, 0.25) is 0 Å². The molecule has 1 aliphatic rings. The van der Waals surface area contributed by atoms with Gasteiger partial charge < -0.3 is 14.6 Å². The lowest BCUT2D eigenvalue weighted by atomic mass is 9.98. The SMILES string of the molecule is CCc1ccccc1-c1cn(-c2cccc(C)c2)c2ncnc(NC3CCCCO3)c12. The molecule has 3 heterocycles. The summed E-state index contributed by atoms with van der Waals surface area (Å²) in [5, 5.41) is 4.60. The van der Waals surface area contributed by atoms with E-state index in [1.54, 1.807) is 6.33 Å². The number of benzene rings is 2. The molecule has 1 saturated heterocycles. The number of aryl methyl sites for hydroxylation is 2. The van der Waals surface area contributed by atoms with Crippen molar-refractivity contribution in [1.82, 2.24) is 14.5 Å². The second-order valence-electron chi connectivity index (χ2n) is 8.18. The van der Waals surface area contributed by atoms with E-state index >= 15 is 0 Å². The second kappa shape index (κ2) is 8.52. The first kappa shape index (κ1) is 19.8. The van der Waals surface area contributed by atoms with Crippen molar-refractivity contribution in [1.29, 1.82) is 0 Å². The van der Waals surface area contributed by atoms with Crippen molar-refractivity contribution in [2.45, 2.75) is 45.8 Å². The van der Waals surface area contributed by atoms with Crippen LogP contribution in [0.1, 0.15) is 37.3 Å². The second-order valence-corrected chi connectivity index (χ2v) is 8.18. The molecule has 4 aromatic rings. The Morgan fingerprint density at radius 2 is 1.97 bits per heavy atom. The van der Waals surface area contributed by atoms with Crippen LogP contribution in [0.4, 0.5) is 5.82 Å². The van der Waals surface area contributed by atoms with Gasteiger partial charge in [-0.2, -0.15) is 0 Å². The normalized spacial score (nSPS) is 16.5. The van der Waals surface area contributed by atoms with E-state index in [1.807, 2.05) is 0 Å². The molecule has 2 aromatic heterocycles. The molecule has 2 aromatic carbocycles. The van der Waals surface area contributed by atoms with Crippen LogP contribution in [0.25, 0.3) is 27.8 Å². The molecule has 0 bridgehead atoms. The first-order chi connectivity index (χ1) is 15.2. The van der Waals surface area contributed by atoms with E-state index in [0.29, 0.717) is 0 Å². The fraction of sp³-hybridized carbons (Fsp3) is 0.308. The summed E-state index contributed by atoms with van der Waals surface area (Å²) in [5.74, 6) is 0.837. The van der Waals surface area contributed by atoms with Crippen molar-refractivity contribution in [3.63, 3.8) is 0 Å². The Balaban J connectivity index is 1.73. The Kier molecular flexibility index (Phi) is 5.43. The zero-order valence-electron chi connectivity index (χ0n) is 18.1. The van der Waals surface area contributed by atoms with E-state index in [4.69, 9.17) is 9.72 Å². The van der Waals surface area contributed by atoms with Gasteiger partial charge >= 0.3 is 0 Å². The predicted molar refractivity (Wildman–Crippen MR) is 126 cm³/mol. The Hall–Kier alpha value is -3.18. The fourth-order valence-corrected chi connectivity index (χ4v) is 4.45. The summed E-state index contributed by atoms with van der Waals surface area (Å²) in [6.07, 6.45) is 8.09. The third-order valence-corrected chi connectivity index (χ3v) is 6.03. The van der Waals surface area contributed by atoms with E-state index in [9.17, 15) is 0 Å². The number of fused-ring (bicyclic) bond motifs is 1. The van der Waals surface area contributed by atoms with Crippen LogP contribution in [0.15, 0.2) is 61.1 Å². The highest BCUT2D eigenvalue weighted by atomic mass is 16.5. The van der Waals surface area contributed by atoms with Gasteiger partial charge in [-0.25, -0.2) is 9.97 Å². The molecule has 5 rings (SSSR count). The maximum atomic E-state index is 5.95. The van der Waals surface area contributed by atoms with Crippen LogP contribution in [-0.2, 0) is 11.2 Å². The van der Waals surface area contributed by atoms with Gasteiger partial charge in [-0.05, 0) is 61.4 Å². The molecule has 1 N–H and O–H groups in total. The van der Waals surface area contributed by atoms with Gasteiger partial charge in [-0.1, -0.05) is 43.3 Å². The van der Waals surface area contributed by atoms with Gasteiger partial charge in [-0.3, -0.25) is 0 Å². The maximum absolute atomic E-state index is 5.95. The Morgan fingerprint density at radius 1 is 1.06 bits per heavy atom. The number of rotatable bonds is 5. The van der Waals surface area contributed by atoms with Gasteiger partial charge in [-0.15, -0.1) is 0 Å². The average molecular weight is 413 g/mol. The minimum atomic E-state index is -0.0107. The van der Waals surface area contributed by atoms with Crippen molar-refractivity contribution < 1.29 is 4.74 Å². The molecular weight excluding hydrogens is 384 g/mol. The summed E-state index contributed by atoms with van der Waals surface area (Å²) < 4.78 is 8.13. The van der Waals surface area contributed by atoms with Crippen LogP contribution >= 0.6 is 0 Å². The Morgan fingerprint density at radius 3 is 2.77 bits per heavy atom. The van der Waals surface area contributed by atoms with E-state index in [2.05, 4.69) is 83.4 Å². The molecule has 0 radical (unpaired) electrons. The summed E-state index contributed by atoms with van der Waals surface area (Å²) in [7, 11) is 0. The molecule has 1 aliphatic heterocycles. The predicted octanol–water partition coefficient (Wildman–Crippen LogP) is 5.90. The van der Waals surface area contributed by atoms with E-state index in [1.165, 1.54) is 23.1 Å². The van der Waals surface area contributed by atoms with Crippen molar-refractivity contribution in [2.75, 3.05) is 11.9 Å². The monoisotopic (exact) mass is 412 g/mol. The number of aromatic nitrogens is 3. The standard InChI is InChI=1S/C26H28N4O/c1-3-19-10-4-5-12-21(19)22-16-30(20-11-8-9-18(2)15-20)26-24(22)25(27-17-28-26)29-23-13-6-7-14-31-23/h4-5,8-12,15-17,23H,3,6-7,13-14H2,1-2H3,(H,27,28,29). The molecule has 1 atom stereocenters. The molecule has 0 amide bonds. The van der Waals surface area contributed by atoms with Gasteiger partial charge in [0.1, 0.15) is 18.4 Å². The Bertz CT molecular complexity index is 1210. The number of hydrogen-bond donors (Lipinski definition) is 1. The molecule has 0 saturated carbocycles. The minimum Gasteiger partial charge on any atom is -0.359 e. The van der Waals surface area contributed by atoms with Crippen molar-refractivity contribution >= 4 is 16.9 Å². The van der Waals surface area contributed by atoms with Gasteiger partial charge in [0.15, 0.2) is 5.65 Å². The zero-order chi connectivity index (χ0) is 21.2. The number of anilines is 1. The molecule has 0 spiro atoms. The maximum Gasteiger partial charge on any atom is 0.150 e. The molecule has 158 valence electrons. The topological polar surface area (TPSA) is 52.0 Å². The molecule has 5 heteroatoms. The molecular formula is C26H28N4O. The fourth-order valence-electron chi connectivity index (χ4n) is 4.45. The summed E-state index contributed by atoms with van der Waals surface area (Å²) in [6.45, 7) is 5.11. The third kappa shape index (κ3) is 3.81. The lowest BCUT2D eigenvalue weighted by Gasteiger charge is -2.24. The summed E-state index contributed by atoms with van der Waals surface area (Å²) in [5.41, 5.74) is 6.91. The van der Waals surface area contributed by atoms with Crippen LogP contribution in [0.3, 0.4) is 0 Å². The molecule has 0 aliphatic carbocycles. The van der Waals surface area contributed by atoms with Crippen molar-refractivity contribution in [2.24, 2.45) is 0 Å². The molecule has 31 heavy (non-hydrogen) atoms. The number of hydrogen-bond acceptors (Lipinski definition) is 4. The highest BCUT2D eigenvalue weighted by Gasteiger charge is 2.21. The largest absolute Gasteiger partial charge is 0.359 e. The van der Waals surface area contributed by atoms with E-state index < -0.39 is 0 Å². The van der Waals surface area contributed by atoms with Gasteiger partial charge in [0.25, 0.3) is 0 Å². The summed E-state index contributed by atoms with van der Waals surface area (Å²) in [4.78, 5) is 9.37. The van der Waals surface area contributed by atoms with Crippen LogP contribution in [0.2, 0.25) is 0 Å². The molecule has 1 fully saturated rings. The van der Waals surface area contributed by atoms with Gasteiger partial charge in [0, 0.05) is 24.1 Å². The number of nitrogens with zero attached hydrogens (tertiary/aromatic N) is 3. The van der Waals surface area contributed by atoms with Crippen LogP contribution in [0.5, 0.6) is 0 Å². The smallest absolute Gasteiger partial charge is 0.150 e. The highest BCUT2D eigenvalue weighted by Crippen LogP contribution is 2.37. The summed E-state index contributed by atoms with van der Waals surface area (Å²) >= 11 is 0. The zero-order valence-corrected chi connectivity index (χ0v) is 18.1. The first-order valence-electron chi connectivity index (χ1n) is 11.1. The van der Waals surface area contributed by atoms with Gasteiger partial charge in [0.05, 0.1) is 5.39 Å². The quantitative estimate of drug-likeness (QED) is 0.444.